The van der Waals surface area contributed by atoms with Gasteiger partial charge >= 0.3 is 0 Å². The van der Waals surface area contributed by atoms with E-state index in [1.54, 1.807) is 11.3 Å². The molecule has 2 heterocycles. The molecule has 0 spiro atoms. The summed E-state index contributed by atoms with van der Waals surface area (Å²) in [6.45, 7) is 3.09. The number of hydrogen-bond donors (Lipinski definition) is 1. The minimum atomic E-state index is -0.119. The van der Waals surface area contributed by atoms with Gasteiger partial charge in [-0.3, -0.25) is 4.68 Å². The zero-order valence-electron chi connectivity index (χ0n) is 10.6. The molecule has 2 aromatic rings. The summed E-state index contributed by atoms with van der Waals surface area (Å²) in [5, 5.41) is 5.37. The molecule has 1 aliphatic carbocycles. The molecule has 4 nitrogen and oxygen atoms in total. The molecule has 2 aromatic heterocycles. The van der Waals surface area contributed by atoms with Crippen LogP contribution in [0.3, 0.4) is 0 Å². The van der Waals surface area contributed by atoms with Crippen LogP contribution < -0.4 is 5.73 Å². The molecule has 0 saturated heterocycles. The normalized spacial score (nSPS) is 15.9. The van der Waals surface area contributed by atoms with Crippen LogP contribution in [0.2, 0.25) is 0 Å². The van der Waals surface area contributed by atoms with Gasteiger partial charge in [0.05, 0.1) is 17.9 Å². The molecule has 5 heteroatoms. The second-order valence-electron chi connectivity index (χ2n) is 4.79. The molecule has 0 radical (unpaired) electrons. The van der Waals surface area contributed by atoms with Crippen LogP contribution in [0.15, 0.2) is 12.4 Å². The summed E-state index contributed by atoms with van der Waals surface area (Å²) in [6, 6.07) is -0.119. The number of rotatable bonds is 4. The largest absolute Gasteiger partial charge is 0.318 e. The molecular formula is C13H18N4S. The van der Waals surface area contributed by atoms with E-state index >= 15 is 0 Å². The lowest BCUT2D eigenvalue weighted by Crippen LogP contribution is -2.11. The topological polar surface area (TPSA) is 56.7 Å². The van der Waals surface area contributed by atoms with Gasteiger partial charge in [0.2, 0.25) is 0 Å². The third kappa shape index (κ3) is 2.08. The van der Waals surface area contributed by atoms with Gasteiger partial charge in [-0.25, -0.2) is 4.98 Å². The SMILES string of the molecule is CCCn1cc(C(N)c2nc3c(s2)CCC3)cn1. The van der Waals surface area contributed by atoms with Crippen molar-refractivity contribution in [2.75, 3.05) is 0 Å². The van der Waals surface area contributed by atoms with Crippen LogP contribution >= 0.6 is 11.3 Å². The molecule has 0 bridgehead atoms. The third-order valence-corrected chi connectivity index (χ3v) is 4.58. The van der Waals surface area contributed by atoms with Crippen LogP contribution in [-0.4, -0.2) is 14.8 Å². The van der Waals surface area contributed by atoms with E-state index in [9.17, 15) is 0 Å². The van der Waals surface area contributed by atoms with E-state index in [2.05, 4.69) is 17.0 Å². The fourth-order valence-corrected chi connectivity index (χ4v) is 3.56. The van der Waals surface area contributed by atoms with Crippen molar-refractivity contribution >= 4 is 11.3 Å². The van der Waals surface area contributed by atoms with Crippen molar-refractivity contribution in [1.29, 1.82) is 0 Å². The van der Waals surface area contributed by atoms with Gasteiger partial charge in [-0.2, -0.15) is 5.10 Å². The van der Waals surface area contributed by atoms with Crippen LogP contribution in [0.25, 0.3) is 0 Å². The first-order valence-corrected chi connectivity index (χ1v) is 7.36. The molecular weight excluding hydrogens is 244 g/mol. The summed E-state index contributed by atoms with van der Waals surface area (Å²) in [4.78, 5) is 6.11. The van der Waals surface area contributed by atoms with Crippen LogP contribution in [0.1, 0.15) is 46.9 Å². The van der Waals surface area contributed by atoms with Gasteiger partial charge in [0.15, 0.2) is 0 Å². The number of thiazole rings is 1. The van der Waals surface area contributed by atoms with E-state index in [0.717, 1.165) is 30.0 Å². The van der Waals surface area contributed by atoms with Crippen LogP contribution in [0, 0.1) is 0 Å². The molecule has 96 valence electrons. The van der Waals surface area contributed by atoms with E-state index in [0.29, 0.717) is 0 Å². The zero-order chi connectivity index (χ0) is 12.5. The van der Waals surface area contributed by atoms with Crippen molar-refractivity contribution in [1.82, 2.24) is 14.8 Å². The van der Waals surface area contributed by atoms with Crippen molar-refractivity contribution in [3.63, 3.8) is 0 Å². The minimum absolute atomic E-state index is 0.119. The lowest BCUT2D eigenvalue weighted by Gasteiger charge is -2.05. The highest BCUT2D eigenvalue weighted by Gasteiger charge is 2.21. The Bertz CT molecular complexity index is 521. The Morgan fingerprint density at radius 3 is 3.17 bits per heavy atom. The van der Waals surface area contributed by atoms with Gasteiger partial charge in [0.25, 0.3) is 0 Å². The predicted octanol–water partition coefficient (Wildman–Crippen LogP) is 2.29. The smallest absolute Gasteiger partial charge is 0.115 e. The first-order valence-electron chi connectivity index (χ1n) is 6.54. The molecule has 1 unspecified atom stereocenters. The summed E-state index contributed by atoms with van der Waals surface area (Å²) >= 11 is 1.77. The molecule has 2 N–H and O–H groups in total. The Morgan fingerprint density at radius 1 is 1.50 bits per heavy atom. The van der Waals surface area contributed by atoms with Crippen LogP contribution in [0.5, 0.6) is 0 Å². The van der Waals surface area contributed by atoms with Crippen molar-refractivity contribution < 1.29 is 0 Å². The maximum atomic E-state index is 6.28. The fraction of sp³-hybridized carbons (Fsp3) is 0.538. The summed E-state index contributed by atoms with van der Waals surface area (Å²) in [5.74, 6) is 0. The first kappa shape index (κ1) is 11.9. The van der Waals surface area contributed by atoms with Crippen LogP contribution in [-0.2, 0) is 19.4 Å². The Balaban J connectivity index is 1.81. The maximum absolute atomic E-state index is 6.28. The van der Waals surface area contributed by atoms with Gasteiger partial charge in [-0.15, -0.1) is 11.3 Å². The Labute approximate surface area is 111 Å². The zero-order valence-corrected chi connectivity index (χ0v) is 11.4. The van der Waals surface area contributed by atoms with Crippen molar-refractivity contribution in [2.45, 2.75) is 45.2 Å². The number of nitrogens with zero attached hydrogens (tertiary/aromatic N) is 3. The Kier molecular flexibility index (Phi) is 3.18. The molecule has 1 aliphatic rings. The maximum Gasteiger partial charge on any atom is 0.115 e. The first-order chi connectivity index (χ1) is 8.78. The number of nitrogens with two attached hydrogens (primary N) is 1. The number of hydrogen-bond acceptors (Lipinski definition) is 4. The molecule has 0 amide bonds. The van der Waals surface area contributed by atoms with E-state index in [1.165, 1.54) is 23.4 Å². The molecule has 18 heavy (non-hydrogen) atoms. The second kappa shape index (κ2) is 4.82. The van der Waals surface area contributed by atoms with Crippen molar-refractivity contribution in [2.24, 2.45) is 5.73 Å². The van der Waals surface area contributed by atoms with E-state index in [-0.39, 0.29) is 6.04 Å². The predicted molar refractivity (Wildman–Crippen MR) is 72.7 cm³/mol. The highest BCUT2D eigenvalue weighted by molar-refractivity contribution is 7.11. The average molecular weight is 262 g/mol. The number of aromatic nitrogens is 3. The highest BCUT2D eigenvalue weighted by atomic mass is 32.1. The van der Waals surface area contributed by atoms with Gasteiger partial charge < -0.3 is 5.73 Å². The fourth-order valence-electron chi connectivity index (χ4n) is 2.38. The summed E-state index contributed by atoms with van der Waals surface area (Å²) in [5.41, 5.74) is 8.62. The van der Waals surface area contributed by atoms with E-state index in [4.69, 9.17) is 5.73 Å². The molecule has 0 saturated carbocycles. The summed E-state index contributed by atoms with van der Waals surface area (Å²) in [7, 11) is 0. The van der Waals surface area contributed by atoms with E-state index in [1.807, 2.05) is 17.1 Å². The second-order valence-corrected chi connectivity index (χ2v) is 5.91. The van der Waals surface area contributed by atoms with Gasteiger partial charge in [-0.05, 0) is 25.7 Å². The molecule has 0 fully saturated rings. The van der Waals surface area contributed by atoms with E-state index < -0.39 is 0 Å². The Hall–Kier alpha value is -1.20. The quantitative estimate of drug-likeness (QED) is 0.919. The lowest BCUT2D eigenvalue weighted by atomic mass is 10.2. The van der Waals surface area contributed by atoms with Gasteiger partial charge in [0, 0.05) is 23.2 Å². The van der Waals surface area contributed by atoms with Crippen molar-refractivity contribution in [3.8, 4) is 0 Å². The Morgan fingerprint density at radius 2 is 2.39 bits per heavy atom. The molecule has 1 atom stereocenters. The monoisotopic (exact) mass is 262 g/mol. The number of fused-ring (bicyclic) bond motifs is 1. The van der Waals surface area contributed by atoms with Crippen molar-refractivity contribution in [3.05, 3.63) is 33.5 Å². The number of aryl methyl sites for hydroxylation is 3. The minimum Gasteiger partial charge on any atom is -0.318 e. The highest BCUT2D eigenvalue weighted by Crippen LogP contribution is 2.31. The summed E-state index contributed by atoms with van der Waals surface area (Å²) < 4.78 is 1.95. The average Bonchev–Trinajstić information content (AvgIpc) is 3.02. The van der Waals surface area contributed by atoms with Gasteiger partial charge in [0.1, 0.15) is 5.01 Å². The molecule has 0 aromatic carbocycles. The molecule has 3 rings (SSSR count). The lowest BCUT2D eigenvalue weighted by molar-refractivity contribution is 0.602. The third-order valence-electron chi connectivity index (χ3n) is 3.34. The van der Waals surface area contributed by atoms with Crippen LogP contribution in [0.4, 0.5) is 0 Å². The van der Waals surface area contributed by atoms with Gasteiger partial charge in [-0.1, -0.05) is 6.92 Å². The molecule has 0 aliphatic heterocycles. The summed E-state index contributed by atoms with van der Waals surface area (Å²) in [6.07, 6.45) is 8.54. The standard InChI is InChI=1S/C13H18N4S/c1-2-6-17-8-9(7-15-17)12(14)13-16-10-4-3-5-11(10)18-13/h7-8,12H,2-6,14H2,1H3.